The van der Waals surface area contributed by atoms with Gasteiger partial charge < -0.3 is 15.2 Å². The fourth-order valence-electron chi connectivity index (χ4n) is 2.64. The Bertz CT molecular complexity index is 496. The predicted octanol–water partition coefficient (Wildman–Crippen LogP) is 2.95. The molecule has 1 saturated carbocycles. The van der Waals surface area contributed by atoms with E-state index in [4.69, 9.17) is 9.84 Å². The fourth-order valence-corrected chi connectivity index (χ4v) is 2.64. The van der Waals surface area contributed by atoms with Gasteiger partial charge >= 0.3 is 12.1 Å². The van der Waals surface area contributed by atoms with Gasteiger partial charge in [0.1, 0.15) is 6.61 Å². The second-order valence-corrected chi connectivity index (χ2v) is 5.86. The van der Waals surface area contributed by atoms with Crippen molar-refractivity contribution in [3.63, 3.8) is 0 Å². The van der Waals surface area contributed by atoms with Crippen molar-refractivity contribution < 1.29 is 19.4 Å². The number of carbonyl (C=O) groups is 2. The van der Waals surface area contributed by atoms with Gasteiger partial charge in [0.2, 0.25) is 0 Å². The summed E-state index contributed by atoms with van der Waals surface area (Å²) in [6.45, 7) is 2.20. The zero-order chi connectivity index (χ0) is 15.3. The summed E-state index contributed by atoms with van der Waals surface area (Å²) in [5, 5.41) is 11.7. The minimum atomic E-state index is -0.906. The van der Waals surface area contributed by atoms with Crippen LogP contribution in [0.4, 0.5) is 4.79 Å². The largest absolute Gasteiger partial charge is 0.481 e. The van der Waals surface area contributed by atoms with Crippen molar-refractivity contribution in [3.8, 4) is 0 Å². The van der Waals surface area contributed by atoms with Crippen molar-refractivity contribution in [2.24, 2.45) is 5.41 Å². The van der Waals surface area contributed by atoms with Crippen molar-refractivity contribution in [1.82, 2.24) is 5.32 Å². The molecule has 0 aliphatic heterocycles. The molecule has 1 amide bonds. The molecule has 21 heavy (non-hydrogen) atoms. The van der Waals surface area contributed by atoms with Gasteiger partial charge in [0.25, 0.3) is 0 Å². The van der Waals surface area contributed by atoms with Crippen LogP contribution in [0.5, 0.6) is 0 Å². The van der Waals surface area contributed by atoms with Crippen molar-refractivity contribution >= 4 is 12.1 Å². The molecule has 0 aromatic heterocycles. The SMILES string of the molecule is CC1(C(CC(=O)O)NC(=O)OCc2ccccc2)CCC1. The Hall–Kier alpha value is -2.04. The van der Waals surface area contributed by atoms with E-state index in [1.165, 1.54) is 0 Å². The van der Waals surface area contributed by atoms with Gasteiger partial charge in [0.15, 0.2) is 0 Å². The van der Waals surface area contributed by atoms with E-state index in [0.29, 0.717) is 0 Å². The number of carboxylic acids is 1. The van der Waals surface area contributed by atoms with E-state index in [0.717, 1.165) is 24.8 Å². The molecular formula is C16H21NO4. The van der Waals surface area contributed by atoms with Crippen LogP contribution in [-0.4, -0.2) is 23.2 Å². The van der Waals surface area contributed by atoms with Crippen LogP contribution in [0.1, 0.15) is 38.2 Å². The molecule has 1 aromatic rings. The molecule has 1 aromatic carbocycles. The van der Waals surface area contributed by atoms with Gasteiger partial charge in [0.05, 0.1) is 6.42 Å². The first kappa shape index (κ1) is 15.4. The lowest BCUT2D eigenvalue weighted by Crippen LogP contribution is -2.50. The number of hydrogen-bond donors (Lipinski definition) is 2. The number of hydrogen-bond acceptors (Lipinski definition) is 3. The second kappa shape index (κ2) is 6.61. The van der Waals surface area contributed by atoms with Gasteiger partial charge in [-0.2, -0.15) is 0 Å². The molecule has 2 N–H and O–H groups in total. The van der Waals surface area contributed by atoms with E-state index in [1.807, 2.05) is 37.3 Å². The quantitative estimate of drug-likeness (QED) is 0.845. The molecule has 1 fully saturated rings. The third-order valence-corrected chi connectivity index (χ3v) is 4.22. The predicted molar refractivity (Wildman–Crippen MR) is 77.8 cm³/mol. The topological polar surface area (TPSA) is 75.6 Å². The van der Waals surface area contributed by atoms with Crippen LogP contribution >= 0.6 is 0 Å². The lowest BCUT2D eigenvalue weighted by molar-refractivity contribution is -0.138. The Kier molecular flexibility index (Phi) is 4.83. The summed E-state index contributed by atoms with van der Waals surface area (Å²) in [6, 6.07) is 9.00. The smallest absolute Gasteiger partial charge is 0.407 e. The highest BCUT2D eigenvalue weighted by Crippen LogP contribution is 2.44. The number of rotatable bonds is 6. The minimum absolute atomic E-state index is 0.0725. The first-order valence-corrected chi connectivity index (χ1v) is 7.19. The maximum Gasteiger partial charge on any atom is 0.407 e. The molecule has 1 atom stereocenters. The molecular weight excluding hydrogens is 270 g/mol. The fraction of sp³-hybridized carbons (Fsp3) is 0.500. The molecule has 0 heterocycles. The first-order valence-electron chi connectivity index (χ1n) is 7.19. The van der Waals surface area contributed by atoms with E-state index >= 15 is 0 Å². The second-order valence-electron chi connectivity index (χ2n) is 5.86. The van der Waals surface area contributed by atoms with E-state index in [1.54, 1.807) is 0 Å². The zero-order valence-corrected chi connectivity index (χ0v) is 12.2. The molecule has 0 spiro atoms. The Morgan fingerprint density at radius 3 is 2.52 bits per heavy atom. The van der Waals surface area contributed by atoms with E-state index < -0.39 is 12.1 Å². The minimum Gasteiger partial charge on any atom is -0.481 e. The number of amides is 1. The molecule has 5 heteroatoms. The molecule has 0 radical (unpaired) electrons. The van der Waals surface area contributed by atoms with Gasteiger partial charge in [-0.25, -0.2) is 4.79 Å². The van der Waals surface area contributed by atoms with Crippen LogP contribution in [0, 0.1) is 5.41 Å². The summed E-state index contributed by atoms with van der Waals surface area (Å²) >= 11 is 0. The van der Waals surface area contributed by atoms with Crippen LogP contribution in [0.2, 0.25) is 0 Å². The summed E-state index contributed by atoms with van der Waals surface area (Å²) < 4.78 is 5.16. The first-order chi connectivity index (χ1) is 9.99. The Balaban J connectivity index is 1.87. The van der Waals surface area contributed by atoms with Crippen LogP contribution in [-0.2, 0) is 16.1 Å². The zero-order valence-electron chi connectivity index (χ0n) is 12.2. The summed E-state index contributed by atoms with van der Waals surface area (Å²) in [5.41, 5.74) is 0.766. The number of carbonyl (C=O) groups excluding carboxylic acids is 1. The number of carboxylic acid groups (broad SMARTS) is 1. The summed E-state index contributed by atoms with van der Waals surface area (Å²) in [7, 11) is 0. The van der Waals surface area contributed by atoms with Crippen molar-refractivity contribution in [3.05, 3.63) is 35.9 Å². The van der Waals surface area contributed by atoms with Gasteiger partial charge in [-0.05, 0) is 23.8 Å². The third kappa shape index (κ3) is 4.21. The normalized spacial score (nSPS) is 17.4. The van der Waals surface area contributed by atoms with Crippen LogP contribution in [0.3, 0.4) is 0 Å². The number of alkyl carbamates (subject to hydrolysis) is 1. The molecule has 1 aliphatic rings. The highest BCUT2D eigenvalue weighted by Gasteiger charge is 2.41. The number of aliphatic carboxylic acids is 1. The van der Waals surface area contributed by atoms with Gasteiger partial charge in [0, 0.05) is 6.04 Å². The summed E-state index contributed by atoms with van der Waals surface area (Å²) in [4.78, 5) is 22.8. The molecule has 2 rings (SSSR count). The highest BCUT2D eigenvalue weighted by molar-refractivity contribution is 5.71. The Morgan fingerprint density at radius 2 is 2.00 bits per heavy atom. The lowest BCUT2D eigenvalue weighted by atomic mass is 9.65. The highest BCUT2D eigenvalue weighted by atomic mass is 16.5. The summed E-state index contributed by atoms with van der Waals surface area (Å²) in [6.07, 6.45) is 2.32. The molecule has 114 valence electrons. The van der Waals surface area contributed by atoms with Crippen molar-refractivity contribution in [2.45, 2.75) is 45.3 Å². The summed E-state index contributed by atoms with van der Waals surface area (Å²) in [5.74, 6) is -0.906. The maximum atomic E-state index is 11.9. The monoisotopic (exact) mass is 291 g/mol. The molecule has 0 saturated heterocycles. The van der Waals surface area contributed by atoms with E-state index in [-0.39, 0.29) is 24.5 Å². The van der Waals surface area contributed by atoms with Crippen LogP contribution < -0.4 is 5.32 Å². The van der Waals surface area contributed by atoms with Crippen LogP contribution in [0.25, 0.3) is 0 Å². The van der Waals surface area contributed by atoms with Crippen LogP contribution in [0.15, 0.2) is 30.3 Å². The van der Waals surface area contributed by atoms with E-state index in [2.05, 4.69) is 5.32 Å². The third-order valence-electron chi connectivity index (χ3n) is 4.22. The molecule has 5 nitrogen and oxygen atoms in total. The van der Waals surface area contributed by atoms with Gasteiger partial charge in [-0.15, -0.1) is 0 Å². The molecule has 1 aliphatic carbocycles. The van der Waals surface area contributed by atoms with E-state index in [9.17, 15) is 9.59 Å². The molecule has 1 unspecified atom stereocenters. The average molecular weight is 291 g/mol. The van der Waals surface area contributed by atoms with Crippen molar-refractivity contribution in [2.75, 3.05) is 0 Å². The van der Waals surface area contributed by atoms with Gasteiger partial charge in [-0.3, -0.25) is 4.79 Å². The number of benzene rings is 1. The van der Waals surface area contributed by atoms with Crippen molar-refractivity contribution in [1.29, 1.82) is 0 Å². The molecule has 0 bridgehead atoms. The number of nitrogens with one attached hydrogen (secondary N) is 1. The van der Waals surface area contributed by atoms with Gasteiger partial charge in [-0.1, -0.05) is 43.7 Å². The number of ether oxygens (including phenoxy) is 1. The average Bonchev–Trinajstić information content (AvgIpc) is 2.42. The standard InChI is InChI=1S/C16H21NO4/c1-16(8-5-9-16)13(10-14(18)19)17-15(20)21-11-12-6-3-2-4-7-12/h2-4,6-7,13H,5,8-11H2,1H3,(H,17,20)(H,18,19). The Morgan fingerprint density at radius 1 is 1.33 bits per heavy atom. The lowest BCUT2D eigenvalue weighted by Gasteiger charge is -2.44. The maximum absolute atomic E-state index is 11.9. The Labute approximate surface area is 124 Å².